The van der Waals surface area contributed by atoms with Gasteiger partial charge in [-0.3, -0.25) is 14.6 Å². The Hall–Kier alpha value is -2.54. The third-order valence-electron chi connectivity index (χ3n) is 4.66. The third kappa shape index (κ3) is 4.54. The predicted molar refractivity (Wildman–Crippen MR) is 96.6 cm³/mol. The van der Waals surface area contributed by atoms with E-state index in [9.17, 15) is 9.59 Å². The van der Waals surface area contributed by atoms with Crippen molar-refractivity contribution in [1.82, 2.24) is 19.7 Å². The fraction of sp³-hybridized carbons (Fsp3) is 0.474. The van der Waals surface area contributed by atoms with Gasteiger partial charge in [-0.1, -0.05) is 6.07 Å². The van der Waals surface area contributed by atoms with Gasteiger partial charge >= 0.3 is 0 Å². The van der Waals surface area contributed by atoms with E-state index < -0.39 is 0 Å². The molecule has 0 aromatic carbocycles. The molecule has 1 amide bonds. The first-order valence-corrected chi connectivity index (χ1v) is 8.86. The molecule has 0 radical (unpaired) electrons. The van der Waals surface area contributed by atoms with Crippen LogP contribution in [0.1, 0.15) is 29.7 Å². The van der Waals surface area contributed by atoms with Crippen LogP contribution in [0, 0.1) is 13.8 Å². The maximum Gasteiger partial charge on any atom is 0.267 e. The van der Waals surface area contributed by atoms with E-state index in [1.165, 1.54) is 10.7 Å². The number of rotatable bonds is 5. The first-order chi connectivity index (χ1) is 12.5. The fourth-order valence-corrected chi connectivity index (χ4v) is 3.01. The van der Waals surface area contributed by atoms with Gasteiger partial charge in [0.1, 0.15) is 6.54 Å². The van der Waals surface area contributed by atoms with Crippen molar-refractivity contribution in [3.05, 3.63) is 57.8 Å². The van der Waals surface area contributed by atoms with E-state index >= 15 is 0 Å². The summed E-state index contributed by atoms with van der Waals surface area (Å²) in [5.74, 6) is -0.0995. The molecule has 0 spiro atoms. The summed E-state index contributed by atoms with van der Waals surface area (Å²) in [5, 5.41) is 4.22. The molecule has 3 heterocycles. The normalized spacial score (nSPS) is 17.3. The summed E-state index contributed by atoms with van der Waals surface area (Å²) in [5.41, 5.74) is 2.36. The zero-order valence-corrected chi connectivity index (χ0v) is 15.2. The maximum absolute atomic E-state index is 12.6. The fourth-order valence-electron chi connectivity index (χ4n) is 3.01. The predicted octanol–water partition coefficient (Wildman–Crippen LogP) is 1.46. The van der Waals surface area contributed by atoms with Gasteiger partial charge in [-0.05, 0) is 43.9 Å². The highest BCUT2D eigenvalue weighted by Crippen LogP contribution is 2.15. The van der Waals surface area contributed by atoms with Crippen LogP contribution in [0.5, 0.6) is 0 Å². The number of hydrogen-bond acceptors (Lipinski definition) is 5. The number of ether oxygens (including phenoxy) is 1. The van der Waals surface area contributed by atoms with Crippen molar-refractivity contribution in [1.29, 1.82) is 0 Å². The summed E-state index contributed by atoms with van der Waals surface area (Å²) in [6.07, 6.45) is 5.32. The van der Waals surface area contributed by atoms with Crippen LogP contribution >= 0.6 is 0 Å². The number of carbonyl (C=O) groups excluding carboxylic acids is 1. The van der Waals surface area contributed by atoms with E-state index in [4.69, 9.17) is 4.74 Å². The molecule has 2 aromatic heterocycles. The molecular weight excluding hydrogens is 332 g/mol. The number of nitrogens with zero attached hydrogens (tertiary/aromatic N) is 4. The number of aromatic nitrogens is 3. The smallest absolute Gasteiger partial charge is 0.267 e. The van der Waals surface area contributed by atoms with Crippen LogP contribution < -0.4 is 5.56 Å². The Bertz CT molecular complexity index is 819. The first-order valence-electron chi connectivity index (χ1n) is 8.86. The summed E-state index contributed by atoms with van der Waals surface area (Å²) >= 11 is 0. The van der Waals surface area contributed by atoms with Gasteiger partial charge in [0.05, 0.1) is 18.4 Å². The molecule has 2 aromatic rings. The lowest BCUT2D eigenvalue weighted by atomic mass is 10.1. The Morgan fingerprint density at radius 3 is 3.00 bits per heavy atom. The minimum Gasteiger partial charge on any atom is -0.372 e. The lowest BCUT2D eigenvalue weighted by Gasteiger charge is -2.32. The SMILES string of the molecule is Cc1cc(=O)n(CC(=O)N2CCCC(OCc3cccnc3)C2)nc1C. The number of aryl methyl sites for hydroxylation is 2. The van der Waals surface area contributed by atoms with Crippen LogP contribution in [0.4, 0.5) is 0 Å². The van der Waals surface area contributed by atoms with E-state index in [0.29, 0.717) is 19.7 Å². The molecule has 3 rings (SSSR count). The number of pyridine rings is 1. The summed E-state index contributed by atoms with van der Waals surface area (Å²) < 4.78 is 7.18. The van der Waals surface area contributed by atoms with Crippen molar-refractivity contribution in [2.75, 3.05) is 13.1 Å². The van der Waals surface area contributed by atoms with Crippen molar-refractivity contribution in [3.63, 3.8) is 0 Å². The van der Waals surface area contributed by atoms with E-state index in [2.05, 4.69) is 10.1 Å². The molecular formula is C19H24N4O3. The van der Waals surface area contributed by atoms with Crippen LogP contribution in [-0.2, 0) is 22.7 Å². The summed E-state index contributed by atoms with van der Waals surface area (Å²) in [6, 6.07) is 5.37. The number of hydrogen-bond donors (Lipinski definition) is 0. The molecule has 138 valence electrons. The quantitative estimate of drug-likeness (QED) is 0.811. The van der Waals surface area contributed by atoms with Crippen LogP contribution in [0.3, 0.4) is 0 Å². The number of carbonyl (C=O) groups is 1. The number of piperidine rings is 1. The molecule has 1 aliphatic heterocycles. The first kappa shape index (κ1) is 18.3. The Labute approximate surface area is 152 Å². The second kappa shape index (κ2) is 8.23. The second-order valence-electron chi connectivity index (χ2n) is 6.68. The van der Waals surface area contributed by atoms with Gasteiger partial charge < -0.3 is 9.64 Å². The van der Waals surface area contributed by atoms with Crippen molar-refractivity contribution >= 4 is 5.91 Å². The molecule has 0 bridgehead atoms. The van der Waals surface area contributed by atoms with E-state index in [0.717, 1.165) is 29.7 Å². The largest absolute Gasteiger partial charge is 0.372 e. The Morgan fingerprint density at radius 1 is 1.38 bits per heavy atom. The zero-order chi connectivity index (χ0) is 18.5. The van der Waals surface area contributed by atoms with E-state index in [-0.39, 0.29) is 24.1 Å². The Kier molecular flexibility index (Phi) is 5.78. The van der Waals surface area contributed by atoms with Gasteiger partial charge in [-0.25, -0.2) is 4.68 Å². The maximum atomic E-state index is 12.6. The van der Waals surface area contributed by atoms with Crippen molar-refractivity contribution in [2.24, 2.45) is 0 Å². The average molecular weight is 356 g/mol. The Morgan fingerprint density at radius 2 is 2.23 bits per heavy atom. The molecule has 1 unspecified atom stereocenters. The van der Waals surface area contributed by atoms with Crippen LogP contribution in [-0.4, -0.2) is 44.8 Å². The molecule has 1 aliphatic rings. The van der Waals surface area contributed by atoms with Crippen molar-refractivity contribution in [3.8, 4) is 0 Å². The number of amides is 1. The molecule has 1 atom stereocenters. The summed E-state index contributed by atoms with van der Waals surface area (Å²) in [7, 11) is 0. The molecule has 0 aliphatic carbocycles. The van der Waals surface area contributed by atoms with Crippen molar-refractivity contribution < 1.29 is 9.53 Å². The topological polar surface area (TPSA) is 77.3 Å². The van der Waals surface area contributed by atoms with Gasteiger partial charge in [-0.2, -0.15) is 5.10 Å². The van der Waals surface area contributed by atoms with Gasteiger partial charge in [0.2, 0.25) is 5.91 Å². The van der Waals surface area contributed by atoms with Gasteiger partial charge in [0, 0.05) is 31.5 Å². The highest BCUT2D eigenvalue weighted by Gasteiger charge is 2.24. The van der Waals surface area contributed by atoms with E-state index in [1.807, 2.05) is 26.0 Å². The zero-order valence-electron chi connectivity index (χ0n) is 15.2. The number of likely N-dealkylation sites (tertiary alicyclic amines) is 1. The molecule has 1 saturated heterocycles. The van der Waals surface area contributed by atoms with Gasteiger partial charge in [0.15, 0.2) is 0 Å². The highest BCUT2D eigenvalue weighted by atomic mass is 16.5. The van der Waals surface area contributed by atoms with Crippen molar-refractivity contribution in [2.45, 2.75) is 45.9 Å². The Balaban J connectivity index is 1.58. The lowest BCUT2D eigenvalue weighted by Crippen LogP contribution is -2.45. The van der Waals surface area contributed by atoms with Crippen LogP contribution in [0.25, 0.3) is 0 Å². The van der Waals surface area contributed by atoms with E-state index in [1.54, 1.807) is 17.3 Å². The molecule has 0 N–H and O–H groups in total. The van der Waals surface area contributed by atoms with Gasteiger partial charge in [0.25, 0.3) is 5.56 Å². The third-order valence-corrected chi connectivity index (χ3v) is 4.66. The molecule has 26 heavy (non-hydrogen) atoms. The standard InChI is InChI=1S/C19H24N4O3/c1-14-9-18(24)23(21-15(14)2)12-19(25)22-8-4-6-17(11-22)26-13-16-5-3-7-20-10-16/h3,5,7,9-10,17H,4,6,8,11-13H2,1-2H3. The second-order valence-corrected chi connectivity index (χ2v) is 6.68. The molecule has 7 nitrogen and oxygen atoms in total. The summed E-state index contributed by atoms with van der Waals surface area (Å²) in [4.78, 5) is 30.5. The monoisotopic (exact) mass is 356 g/mol. The minimum absolute atomic E-state index is 0.00246. The van der Waals surface area contributed by atoms with Crippen LogP contribution in [0.15, 0.2) is 35.4 Å². The highest BCUT2D eigenvalue weighted by molar-refractivity contribution is 5.76. The van der Waals surface area contributed by atoms with Gasteiger partial charge in [-0.15, -0.1) is 0 Å². The van der Waals surface area contributed by atoms with Crippen LogP contribution in [0.2, 0.25) is 0 Å². The molecule has 1 fully saturated rings. The minimum atomic E-state index is -0.247. The molecule has 7 heteroatoms. The lowest BCUT2D eigenvalue weighted by molar-refractivity contribution is -0.136. The summed E-state index contributed by atoms with van der Waals surface area (Å²) in [6.45, 7) is 5.35. The average Bonchev–Trinajstić information content (AvgIpc) is 2.65. The molecule has 0 saturated carbocycles.